The number of anilines is 1. The van der Waals surface area contributed by atoms with Gasteiger partial charge in [0.1, 0.15) is 6.33 Å². The molecule has 2 aromatic heterocycles. The summed E-state index contributed by atoms with van der Waals surface area (Å²) in [5.74, 6) is 0.0863. The van der Waals surface area contributed by atoms with E-state index in [0.717, 1.165) is 5.69 Å². The van der Waals surface area contributed by atoms with Gasteiger partial charge in [-0.3, -0.25) is 10.1 Å². The van der Waals surface area contributed by atoms with Crippen molar-refractivity contribution in [1.82, 2.24) is 15.0 Å². The third kappa shape index (κ3) is 3.13. The van der Waals surface area contributed by atoms with Gasteiger partial charge in [0.25, 0.3) is 5.88 Å². The normalized spacial score (nSPS) is 10.2. The molecule has 8 nitrogen and oxygen atoms in total. The van der Waals surface area contributed by atoms with Gasteiger partial charge in [0.05, 0.1) is 23.2 Å². The molecule has 0 radical (unpaired) electrons. The maximum Gasteiger partial charge on any atom is 0.372 e. The molecule has 0 bridgehead atoms. The van der Waals surface area contributed by atoms with Crippen molar-refractivity contribution < 1.29 is 9.66 Å². The maximum atomic E-state index is 11.0. The van der Waals surface area contributed by atoms with E-state index in [0.29, 0.717) is 13.0 Å². The molecule has 0 aromatic carbocycles. The van der Waals surface area contributed by atoms with E-state index in [1.807, 2.05) is 5.38 Å². The lowest BCUT2D eigenvalue weighted by Crippen LogP contribution is -2.10. The Morgan fingerprint density at radius 2 is 2.32 bits per heavy atom. The molecule has 19 heavy (non-hydrogen) atoms. The summed E-state index contributed by atoms with van der Waals surface area (Å²) in [5, 5.41) is 15.8. The molecule has 0 spiro atoms. The number of aromatic nitrogens is 3. The molecule has 0 aliphatic rings. The molecule has 2 heterocycles. The summed E-state index contributed by atoms with van der Waals surface area (Å²) in [6.45, 7) is 0.491. The number of ether oxygens (including phenoxy) is 1. The van der Waals surface area contributed by atoms with Crippen LogP contribution < -0.4 is 10.1 Å². The zero-order valence-corrected chi connectivity index (χ0v) is 10.9. The van der Waals surface area contributed by atoms with E-state index in [1.54, 1.807) is 5.51 Å². The van der Waals surface area contributed by atoms with Crippen molar-refractivity contribution in [3.63, 3.8) is 0 Å². The number of nitrogens with zero attached hydrogens (tertiary/aromatic N) is 4. The van der Waals surface area contributed by atoms with Crippen LogP contribution in [-0.2, 0) is 6.42 Å². The fourth-order valence-electron chi connectivity index (χ4n) is 1.48. The smallest absolute Gasteiger partial charge is 0.372 e. The monoisotopic (exact) mass is 281 g/mol. The molecule has 0 saturated heterocycles. The van der Waals surface area contributed by atoms with Gasteiger partial charge in [-0.05, 0) is 0 Å². The molecule has 2 rings (SSSR count). The summed E-state index contributed by atoms with van der Waals surface area (Å²) in [4.78, 5) is 22.1. The van der Waals surface area contributed by atoms with Crippen molar-refractivity contribution in [3.05, 3.63) is 33.0 Å². The first-order chi connectivity index (χ1) is 9.22. The highest BCUT2D eigenvalue weighted by Crippen LogP contribution is 2.30. The third-order valence-electron chi connectivity index (χ3n) is 2.32. The van der Waals surface area contributed by atoms with E-state index < -0.39 is 4.92 Å². The van der Waals surface area contributed by atoms with Crippen LogP contribution in [0.25, 0.3) is 0 Å². The quantitative estimate of drug-likeness (QED) is 0.632. The number of nitrogens with one attached hydrogen (secondary N) is 1. The first-order valence-electron chi connectivity index (χ1n) is 5.36. The number of hydrogen-bond donors (Lipinski definition) is 1. The van der Waals surface area contributed by atoms with Crippen LogP contribution in [0.1, 0.15) is 5.69 Å². The molecule has 100 valence electrons. The van der Waals surface area contributed by atoms with Gasteiger partial charge in [-0.25, -0.2) is 9.97 Å². The van der Waals surface area contributed by atoms with Gasteiger partial charge in [0.15, 0.2) is 0 Å². The van der Waals surface area contributed by atoms with Crippen molar-refractivity contribution in [2.75, 3.05) is 19.0 Å². The van der Waals surface area contributed by atoms with Gasteiger partial charge in [-0.1, -0.05) is 0 Å². The summed E-state index contributed by atoms with van der Waals surface area (Å²) in [5.41, 5.74) is 2.41. The van der Waals surface area contributed by atoms with Crippen LogP contribution >= 0.6 is 11.3 Å². The Kier molecular flexibility index (Phi) is 4.18. The van der Waals surface area contributed by atoms with Crippen LogP contribution in [0.15, 0.2) is 17.2 Å². The van der Waals surface area contributed by atoms with Crippen LogP contribution in [0.4, 0.5) is 11.5 Å². The van der Waals surface area contributed by atoms with E-state index >= 15 is 0 Å². The zero-order chi connectivity index (χ0) is 13.7. The van der Waals surface area contributed by atoms with Gasteiger partial charge < -0.3 is 10.1 Å². The second-order valence-corrected chi connectivity index (χ2v) is 4.21. The lowest BCUT2D eigenvalue weighted by Gasteiger charge is -2.06. The van der Waals surface area contributed by atoms with Gasteiger partial charge in [0, 0.05) is 18.3 Å². The summed E-state index contributed by atoms with van der Waals surface area (Å²) in [6.07, 6.45) is 1.88. The minimum absolute atomic E-state index is 0.0591. The molecular formula is C10H11N5O3S. The SMILES string of the molecule is COc1ncnc(NCCc2cscn2)c1[N+](=O)[O-]. The Labute approximate surface area is 112 Å². The summed E-state index contributed by atoms with van der Waals surface area (Å²) < 4.78 is 4.86. The summed E-state index contributed by atoms with van der Waals surface area (Å²) >= 11 is 1.51. The highest BCUT2D eigenvalue weighted by Gasteiger charge is 2.23. The second-order valence-electron chi connectivity index (χ2n) is 3.49. The molecule has 0 atom stereocenters. The fraction of sp³-hybridized carbons (Fsp3) is 0.300. The molecule has 0 aliphatic heterocycles. The molecule has 1 N–H and O–H groups in total. The first-order valence-corrected chi connectivity index (χ1v) is 6.31. The summed E-state index contributed by atoms with van der Waals surface area (Å²) in [6, 6.07) is 0. The van der Waals surface area contributed by atoms with E-state index in [9.17, 15) is 10.1 Å². The Balaban J connectivity index is 2.09. The van der Waals surface area contributed by atoms with Crippen LogP contribution in [0.5, 0.6) is 5.88 Å². The average molecular weight is 281 g/mol. The van der Waals surface area contributed by atoms with Crippen molar-refractivity contribution in [2.45, 2.75) is 6.42 Å². The topological polar surface area (TPSA) is 103 Å². The molecule has 0 saturated carbocycles. The molecule has 2 aromatic rings. The third-order valence-corrected chi connectivity index (χ3v) is 2.96. The molecule has 9 heteroatoms. The van der Waals surface area contributed by atoms with Crippen molar-refractivity contribution >= 4 is 22.8 Å². The highest BCUT2D eigenvalue weighted by atomic mass is 32.1. The largest absolute Gasteiger partial charge is 0.476 e. The predicted molar refractivity (Wildman–Crippen MR) is 69.5 cm³/mol. The lowest BCUT2D eigenvalue weighted by molar-refractivity contribution is -0.385. The minimum Gasteiger partial charge on any atom is -0.476 e. The molecular weight excluding hydrogens is 270 g/mol. The molecule has 0 aliphatic carbocycles. The Bertz CT molecular complexity index is 560. The van der Waals surface area contributed by atoms with Gasteiger partial charge in [0.2, 0.25) is 5.82 Å². The van der Waals surface area contributed by atoms with E-state index in [1.165, 1.54) is 24.8 Å². The minimum atomic E-state index is -0.565. The molecule has 0 unspecified atom stereocenters. The number of thiazole rings is 1. The zero-order valence-electron chi connectivity index (χ0n) is 10.1. The van der Waals surface area contributed by atoms with E-state index in [2.05, 4.69) is 20.3 Å². The standard InChI is InChI=1S/C10H11N5O3S/c1-18-10-8(15(16)17)9(12-5-13-10)11-3-2-7-4-19-6-14-7/h4-6H,2-3H2,1H3,(H,11,12,13). The van der Waals surface area contributed by atoms with Crippen molar-refractivity contribution in [3.8, 4) is 5.88 Å². The van der Waals surface area contributed by atoms with Crippen LogP contribution in [0.2, 0.25) is 0 Å². The van der Waals surface area contributed by atoms with Crippen molar-refractivity contribution in [1.29, 1.82) is 0 Å². The molecule has 0 amide bonds. The number of nitro groups is 1. The second kappa shape index (κ2) is 6.05. The van der Waals surface area contributed by atoms with Gasteiger partial charge >= 0.3 is 5.69 Å². The van der Waals surface area contributed by atoms with Gasteiger partial charge in [-0.2, -0.15) is 4.98 Å². The number of hydrogen-bond acceptors (Lipinski definition) is 8. The Hall–Kier alpha value is -2.29. The summed E-state index contributed by atoms with van der Waals surface area (Å²) in [7, 11) is 1.33. The van der Waals surface area contributed by atoms with Crippen molar-refractivity contribution in [2.24, 2.45) is 0 Å². The van der Waals surface area contributed by atoms with E-state index in [4.69, 9.17) is 4.74 Å². The average Bonchev–Trinajstić information content (AvgIpc) is 2.91. The lowest BCUT2D eigenvalue weighted by atomic mass is 10.3. The Morgan fingerprint density at radius 3 is 2.95 bits per heavy atom. The maximum absolute atomic E-state index is 11.0. The van der Waals surface area contributed by atoms with Gasteiger partial charge in [-0.15, -0.1) is 11.3 Å². The fourth-order valence-corrected chi connectivity index (χ4v) is 2.07. The van der Waals surface area contributed by atoms with E-state index in [-0.39, 0.29) is 17.4 Å². The van der Waals surface area contributed by atoms with Crippen LogP contribution in [0.3, 0.4) is 0 Å². The van der Waals surface area contributed by atoms with Crippen LogP contribution in [0, 0.1) is 10.1 Å². The molecule has 0 fully saturated rings. The number of rotatable bonds is 6. The highest BCUT2D eigenvalue weighted by molar-refractivity contribution is 7.07. The first kappa shape index (κ1) is 13.1. The van der Waals surface area contributed by atoms with Crippen LogP contribution in [-0.4, -0.2) is 33.5 Å². The Morgan fingerprint density at radius 1 is 1.47 bits per heavy atom. The number of methoxy groups -OCH3 is 1. The predicted octanol–water partition coefficient (Wildman–Crippen LogP) is 1.50.